The van der Waals surface area contributed by atoms with E-state index in [9.17, 15) is 4.79 Å². The molecule has 1 aromatic carbocycles. The van der Waals surface area contributed by atoms with Crippen LogP contribution >= 0.6 is 12.4 Å². The van der Waals surface area contributed by atoms with Gasteiger partial charge >= 0.3 is 0 Å². The van der Waals surface area contributed by atoms with Crippen molar-refractivity contribution in [3.05, 3.63) is 42.7 Å². The number of nitrogens with zero attached hydrogens (tertiary/aromatic N) is 2. The van der Waals surface area contributed by atoms with Crippen molar-refractivity contribution < 1.29 is 9.53 Å². The van der Waals surface area contributed by atoms with E-state index in [0.29, 0.717) is 44.1 Å². The Morgan fingerprint density at radius 1 is 1.17 bits per heavy atom. The van der Waals surface area contributed by atoms with E-state index in [1.54, 1.807) is 12.4 Å². The zero-order valence-electron chi connectivity index (χ0n) is 13.3. The number of hydrogen-bond donors (Lipinski definition) is 2. The van der Waals surface area contributed by atoms with Crippen LogP contribution in [0, 0.1) is 5.41 Å². The number of nitrogens with one attached hydrogen (secondary N) is 1. The average Bonchev–Trinajstić information content (AvgIpc) is 2.63. The Morgan fingerprint density at radius 2 is 1.79 bits per heavy atom. The molecule has 1 aliphatic heterocycles. The second-order valence-corrected chi connectivity index (χ2v) is 5.71. The molecule has 0 atom stereocenters. The van der Waals surface area contributed by atoms with Gasteiger partial charge in [-0.25, -0.2) is 9.97 Å². The van der Waals surface area contributed by atoms with Gasteiger partial charge in [0.15, 0.2) is 5.82 Å². The molecule has 1 amide bonds. The van der Waals surface area contributed by atoms with Gasteiger partial charge in [0.25, 0.3) is 0 Å². The predicted molar refractivity (Wildman–Crippen MR) is 94.9 cm³/mol. The smallest absolute Gasteiger partial charge is 0.232 e. The molecular formula is C17H21ClN4O2. The Balaban J connectivity index is 0.00000208. The number of nitrogens with two attached hydrogens (primary N) is 1. The first-order valence-electron chi connectivity index (χ1n) is 7.70. The highest BCUT2D eigenvalue weighted by Crippen LogP contribution is 2.30. The van der Waals surface area contributed by atoms with Crippen LogP contribution in [-0.2, 0) is 9.53 Å². The van der Waals surface area contributed by atoms with Crippen LogP contribution in [0.1, 0.15) is 12.8 Å². The third kappa shape index (κ3) is 3.90. The van der Waals surface area contributed by atoms with Crippen molar-refractivity contribution in [2.75, 3.05) is 25.1 Å². The number of ether oxygens (including phenoxy) is 1. The lowest BCUT2D eigenvalue weighted by atomic mass is 9.79. The third-order valence-corrected chi connectivity index (χ3v) is 4.26. The van der Waals surface area contributed by atoms with E-state index in [1.165, 1.54) is 0 Å². The van der Waals surface area contributed by atoms with Crippen molar-refractivity contribution in [2.45, 2.75) is 12.8 Å². The highest BCUT2D eigenvalue weighted by molar-refractivity contribution is 5.95. The summed E-state index contributed by atoms with van der Waals surface area (Å²) in [7, 11) is 0. The summed E-state index contributed by atoms with van der Waals surface area (Å²) in [6, 6.07) is 9.70. The summed E-state index contributed by atoms with van der Waals surface area (Å²) in [6.07, 6.45) is 4.52. The van der Waals surface area contributed by atoms with E-state index in [4.69, 9.17) is 10.5 Å². The number of halogens is 1. The van der Waals surface area contributed by atoms with Gasteiger partial charge in [-0.15, -0.1) is 12.4 Å². The van der Waals surface area contributed by atoms with Gasteiger partial charge in [-0.3, -0.25) is 4.79 Å². The molecule has 0 aliphatic carbocycles. The number of benzene rings is 1. The number of carbonyl (C=O) groups is 1. The lowest BCUT2D eigenvalue weighted by Crippen LogP contribution is -2.46. The first-order chi connectivity index (χ1) is 11.2. The molecule has 0 bridgehead atoms. The van der Waals surface area contributed by atoms with Crippen LogP contribution in [-0.4, -0.2) is 35.6 Å². The Bertz CT molecular complexity index is 658. The van der Waals surface area contributed by atoms with Crippen LogP contribution in [0.2, 0.25) is 0 Å². The quantitative estimate of drug-likeness (QED) is 0.884. The molecule has 1 aromatic heterocycles. The summed E-state index contributed by atoms with van der Waals surface area (Å²) >= 11 is 0. The molecule has 0 unspecified atom stereocenters. The molecule has 2 heterocycles. The molecule has 1 fully saturated rings. The van der Waals surface area contributed by atoms with E-state index >= 15 is 0 Å². The highest BCUT2D eigenvalue weighted by atomic mass is 35.5. The number of hydrogen-bond acceptors (Lipinski definition) is 5. The molecule has 24 heavy (non-hydrogen) atoms. The van der Waals surface area contributed by atoms with Crippen molar-refractivity contribution in [3.63, 3.8) is 0 Å². The minimum Gasteiger partial charge on any atom is -0.381 e. The highest BCUT2D eigenvalue weighted by Gasteiger charge is 2.38. The van der Waals surface area contributed by atoms with E-state index in [-0.39, 0.29) is 18.3 Å². The maximum atomic E-state index is 12.6. The Hall–Kier alpha value is -2.02. The van der Waals surface area contributed by atoms with Crippen molar-refractivity contribution >= 4 is 24.0 Å². The van der Waals surface area contributed by atoms with Crippen LogP contribution < -0.4 is 11.1 Å². The van der Waals surface area contributed by atoms with Gasteiger partial charge < -0.3 is 15.8 Å². The molecule has 1 aliphatic rings. The predicted octanol–water partition coefficient (Wildman–Crippen LogP) is 2.26. The van der Waals surface area contributed by atoms with Gasteiger partial charge in [-0.2, -0.15) is 0 Å². The number of aromatic nitrogens is 2. The molecule has 0 radical (unpaired) electrons. The van der Waals surface area contributed by atoms with Crippen molar-refractivity contribution in [1.29, 1.82) is 0 Å². The molecular weight excluding hydrogens is 328 g/mol. The summed E-state index contributed by atoms with van der Waals surface area (Å²) < 4.78 is 5.33. The molecule has 128 valence electrons. The lowest BCUT2D eigenvalue weighted by Gasteiger charge is -2.34. The fourth-order valence-electron chi connectivity index (χ4n) is 2.68. The second kappa shape index (κ2) is 8.19. The Kier molecular flexibility index (Phi) is 6.25. The zero-order chi connectivity index (χ0) is 16.1. The minimum absolute atomic E-state index is 0. The number of amides is 1. The molecule has 3 N–H and O–H groups in total. The largest absolute Gasteiger partial charge is 0.381 e. The summed E-state index contributed by atoms with van der Waals surface area (Å²) in [5.74, 6) is 0.544. The summed E-state index contributed by atoms with van der Waals surface area (Å²) in [5.41, 5.74) is 6.80. The van der Waals surface area contributed by atoms with Crippen molar-refractivity contribution in [3.8, 4) is 11.4 Å². The fourth-order valence-corrected chi connectivity index (χ4v) is 2.68. The fraction of sp³-hybridized carbons (Fsp3) is 0.353. The second-order valence-electron chi connectivity index (χ2n) is 5.71. The number of carbonyl (C=O) groups excluding carboxylic acids is 1. The third-order valence-electron chi connectivity index (χ3n) is 4.26. The molecule has 7 heteroatoms. The summed E-state index contributed by atoms with van der Waals surface area (Å²) in [4.78, 5) is 21.2. The van der Waals surface area contributed by atoms with Crippen LogP contribution in [0.4, 0.5) is 5.69 Å². The topological polar surface area (TPSA) is 90.1 Å². The van der Waals surface area contributed by atoms with E-state index in [0.717, 1.165) is 5.56 Å². The van der Waals surface area contributed by atoms with Gasteiger partial charge in [-0.1, -0.05) is 30.3 Å². The molecule has 6 nitrogen and oxygen atoms in total. The first kappa shape index (κ1) is 18.3. The number of rotatable bonds is 4. The van der Waals surface area contributed by atoms with Gasteiger partial charge in [0, 0.05) is 25.3 Å². The minimum atomic E-state index is -0.559. The molecule has 3 rings (SSSR count). The van der Waals surface area contributed by atoms with Gasteiger partial charge in [0.05, 0.1) is 23.5 Å². The monoisotopic (exact) mass is 348 g/mol. The lowest BCUT2D eigenvalue weighted by molar-refractivity contribution is -0.130. The van der Waals surface area contributed by atoms with Crippen molar-refractivity contribution in [1.82, 2.24) is 9.97 Å². The molecule has 2 aromatic rings. The average molecular weight is 349 g/mol. The van der Waals surface area contributed by atoms with Crippen LogP contribution in [0.3, 0.4) is 0 Å². The van der Waals surface area contributed by atoms with Crippen molar-refractivity contribution in [2.24, 2.45) is 11.1 Å². The zero-order valence-corrected chi connectivity index (χ0v) is 14.1. The molecule has 0 spiro atoms. The molecule has 0 saturated carbocycles. The normalized spacial score (nSPS) is 16.0. The maximum Gasteiger partial charge on any atom is 0.232 e. The van der Waals surface area contributed by atoms with Gasteiger partial charge in [0.2, 0.25) is 5.91 Å². The van der Waals surface area contributed by atoms with E-state index in [2.05, 4.69) is 15.3 Å². The van der Waals surface area contributed by atoms with E-state index in [1.807, 2.05) is 30.3 Å². The summed E-state index contributed by atoms with van der Waals surface area (Å²) in [6.45, 7) is 1.44. The number of anilines is 1. The summed E-state index contributed by atoms with van der Waals surface area (Å²) in [5, 5.41) is 2.88. The van der Waals surface area contributed by atoms with E-state index < -0.39 is 5.41 Å². The van der Waals surface area contributed by atoms with Gasteiger partial charge in [-0.05, 0) is 12.8 Å². The van der Waals surface area contributed by atoms with Gasteiger partial charge in [0.1, 0.15) is 0 Å². The first-order valence-corrected chi connectivity index (χ1v) is 7.70. The standard InChI is InChI=1S/C17H20N4O2.ClH/c18-12-17(6-8-23-9-7-17)16(22)21-14-10-19-15(20-11-14)13-4-2-1-3-5-13;/h1-5,10-11H,6-9,12,18H2,(H,21,22);1H. The van der Waals surface area contributed by atoms with Crippen LogP contribution in [0.15, 0.2) is 42.7 Å². The Morgan fingerprint density at radius 3 is 2.38 bits per heavy atom. The molecule has 1 saturated heterocycles. The van der Waals surface area contributed by atoms with Crippen LogP contribution in [0.25, 0.3) is 11.4 Å². The SMILES string of the molecule is Cl.NCC1(C(=O)Nc2cnc(-c3ccccc3)nc2)CCOCC1. The van der Waals surface area contributed by atoms with Crippen LogP contribution in [0.5, 0.6) is 0 Å². The maximum absolute atomic E-state index is 12.6. The Labute approximate surface area is 147 Å².